The van der Waals surface area contributed by atoms with Crippen LogP contribution in [-0.4, -0.2) is 0 Å². The van der Waals surface area contributed by atoms with Crippen molar-refractivity contribution in [2.45, 2.75) is 94.8 Å². The van der Waals surface area contributed by atoms with E-state index in [1.54, 1.807) is 11.6 Å². The van der Waals surface area contributed by atoms with Gasteiger partial charge in [0, 0.05) is 0 Å². The fourth-order valence-corrected chi connectivity index (χ4v) is 7.34. The van der Waals surface area contributed by atoms with E-state index in [1.165, 1.54) is 81.9 Å². The Morgan fingerprint density at radius 1 is 0.529 bits per heavy atom. The minimum absolute atomic E-state index is 0.396. The minimum atomic E-state index is -0.737. The fraction of sp³-hybridized carbons (Fsp3) is 0.562. The Kier molecular flexibility index (Phi) is 7.52. The number of rotatable bonds is 5. The minimum Gasteiger partial charge on any atom is -0.204 e. The molecule has 0 saturated heterocycles. The first-order valence-corrected chi connectivity index (χ1v) is 13.8. The summed E-state index contributed by atoms with van der Waals surface area (Å²) in [6, 6.07) is 14.2. The highest BCUT2D eigenvalue weighted by Gasteiger charge is 2.32. The van der Waals surface area contributed by atoms with E-state index in [1.807, 2.05) is 0 Å². The molecule has 2 aromatic rings. The van der Waals surface area contributed by atoms with E-state index in [9.17, 15) is 8.78 Å². The molecule has 3 aliphatic rings. The van der Waals surface area contributed by atoms with Crippen LogP contribution in [0.3, 0.4) is 0 Å². The Labute approximate surface area is 204 Å². The summed E-state index contributed by atoms with van der Waals surface area (Å²) in [5, 5.41) is 0. The lowest BCUT2D eigenvalue weighted by atomic mass is 9.67. The van der Waals surface area contributed by atoms with Crippen LogP contribution in [0, 0.1) is 29.4 Å². The highest BCUT2D eigenvalue weighted by Crippen LogP contribution is 2.46. The largest absolute Gasteiger partial charge is 0.204 e. The van der Waals surface area contributed by atoms with Gasteiger partial charge >= 0.3 is 0 Å². The lowest BCUT2D eigenvalue weighted by Gasteiger charge is -2.38. The second-order valence-electron chi connectivity index (χ2n) is 11.4. The van der Waals surface area contributed by atoms with Crippen LogP contribution in [0.15, 0.2) is 55.1 Å². The van der Waals surface area contributed by atoms with E-state index in [2.05, 4.69) is 36.9 Å². The van der Waals surface area contributed by atoms with E-state index in [0.717, 1.165) is 48.0 Å². The molecular weight excluding hydrogens is 422 g/mol. The van der Waals surface area contributed by atoms with Gasteiger partial charge in [-0.25, -0.2) is 8.78 Å². The van der Waals surface area contributed by atoms with Gasteiger partial charge in [0.15, 0.2) is 11.6 Å². The van der Waals surface area contributed by atoms with Gasteiger partial charge in [-0.3, -0.25) is 0 Å². The SMILES string of the molecule is C=CC1CCC(c2ccc(C3CCC(C4CCC(c5ccc(F)c(F)c5)CC4)CC3)cc2)CC1. The molecule has 182 valence electrons. The Balaban J connectivity index is 1.09. The van der Waals surface area contributed by atoms with E-state index in [4.69, 9.17) is 0 Å². The third kappa shape index (κ3) is 5.31. The molecule has 3 fully saturated rings. The normalized spacial score (nSPS) is 32.3. The van der Waals surface area contributed by atoms with Crippen molar-refractivity contribution in [3.8, 4) is 0 Å². The molecule has 0 aliphatic heterocycles. The second kappa shape index (κ2) is 10.8. The van der Waals surface area contributed by atoms with Crippen LogP contribution in [0.25, 0.3) is 0 Å². The van der Waals surface area contributed by atoms with Crippen molar-refractivity contribution in [1.29, 1.82) is 0 Å². The molecule has 3 saturated carbocycles. The number of hydrogen-bond donors (Lipinski definition) is 0. The van der Waals surface area contributed by atoms with Crippen molar-refractivity contribution < 1.29 is 8.78 Å². The Hall–Kier alpha value is -1.96. The highest BCUT2D eigenvalue weighted by atomic mass is 19.2. The summed E-state index contributed by atoms with van der Waals surface area (Å²) in [7, 11) is 0. The molecule has 0 N–H and O–H groups in total. The maximum atomic E-state index is 13.6. The third-order valence-electron chi connectivity index (χ3n) is 9.61. The summed E-state index contributed by atoms with van der Waals surface area (Å²) < 4.78 is 26.9. The number of halogens is 2. The van der Waals surface area contributed by atoms with Crippen LogP contribution < -0.4 is 0 Å². The fourth-order valence-electron chi connectivity index (χ4n) is 7.34. The first-order chi connectivity index (χ1) is 16.6. The highest BCUT2D eigenvalue weighted by molar-refractivity contribution is 5.28. The number of benzene rings is 2. The van der Waals surface area contributed by atoms with Crippen molar-refractivity contribution in [3.63, 3.8) is 0 Å². The van der Waals surface area contributed by atoms with E-state index in [-0.39, 0.29) is 0 Å². The lowest BCUT2D eigenvalue weighted by Crippen LogP contribution is -2.25. The molecule has 0 bridgehead atoms. The topological polar surface area (TPSA) is 0 Å². The second-order valence-corrected chi connectivity index (χ2v) is 11.4. The van der Waals surface area contributed by atoms with Crippen LogP contribution in [-0.2, 0) is 0 Å². The Bertz CT molecular complexity index is 937. The van der Waals surface area contributed by atoms with Gasteiger partial charge in [0.1, 0.15) is 0 Å². The quantitative estimate of drug-likeness (QED) is 0.388. The predicted octanol–water partition coefficient (Wildman–Crippen LogP) is 9.67. The molecule has 0 nitrogen and oxygen atoms in total. The molecular formula is C32H40F2. The summed E-state index contributed by atoms with van der Waals surface area (Å²) in [5.41, 5.74) is 4.07. The van der Waals surface area contributed by atoms with Crippen LogP contribution in [0.1, 0.15) is 111 Å². The Morgan fingerprint density at radius 2 is 0.941 bits per heavy atom. The van der Waals surface area contributed by atoms with Crippen molar-refractivity contribution in [1.82, 2.24) is 0 Å². The van der Waals surface area contributed by atoms with Crippen LogP contribution in [0.2, 0.25) is 0 Å². The van der Waals surface area contributed by atoms with Gasteiger partial charge in [-0.2, -0.15) is 0 Å². The molecule has 0 unspecified atom stereocenters. The van der Waals surface area contributed by atoms with Crippen LogP contribution >= 0.6 is 0 Å². The predicted molar refractivity (Wildman–Crippen MR) is 137 cm³/mol. The summed E-state index contributed by atoms with van der Waals surface area (Å²) in [5.74, 6) is 2.81. The molecule has 0 heterocycles. The number of hydrogen-bond acceptors (Lipinski definition) is 0. The van der Waals surface area contributed by atoms with Gasteiger partial charge in [-0.15, -0.1) is 6.58 Å². The Morgan fingerprint density at radius 3 is 1.38 bits per heavy atom. The molecule has 2 heteroatoms. The molecule has 2 aromatic carbocycles. The van der Waals surface area contributed by atoms with Gasteiger partial charge in [0.25, 0.3) is 0 Å². The lowest BCUT2D eigenvalue weighted by molar-refractivity contribution is 0.177. The van der Waals surface area contributed by atoms with Crippen molar-refractivity contribution >= 4 is 0 Å². The molecule has 5 rings (SSSR count). The summed E-state index contributed by atoms with van der Waals surface area (Å²) in [6.07, 6.45) is 17.4. The molecule has 34 heavy (non-hydrogen) atoms. The van der Waals surface area contributed by atoms with Crippen LogP contribution in [0.4, 0.5) is 8.78 Å². The maximum absolute atomic E-state index is 13.6. The van der Waals surface area contributed by atoms with Crippen LogP contribution in [0.5, 0.6) is 0 Å². The number of allylic oxidation sites excluding steroid dienone is 1. The third-order valence-corrected chi connectivity index (χ3v) is 9.61. The summed E-state index contributed by atoms with van der Waals surface area (Å²) in [4.78, 5) is 0. The van der Waals surface area contributed by atoms with Crippen molar-refractivity contribution in [2.24, 2.45) is 17.8 Å². The van der Waals surface area contributed by atoms with E-state index < -0.39 is 11.6 Å². The first kappa shape index (κ1) is 23.8. The van der Waals surface area contributed by atoms with Crippen molar-refractivity contribution in [3.05, 3.63) is 83.4 Å². The van der Waals surface area contributed by atoms with Gasteiger partial charge in [0.2, 0.25) is 0 Å². The average Bonchev–Trinajstić information content (AvgIpc) is 2.91. The van der Waals surface area contributed by atoms with Gasteiger partial charge in [-0.1, -0.05) is 36.4 Å². The summed E-state index contributed by atoms with van der Waals surface area (Å²) in [6.45, 7) is 3.98. The standard InChI is InChI=1S/C32H40F2/c1-2-22-3-5-23(6-4-22)24-7-9-25(10-8-24)26-11-13-27(14-12-26)28-15-17-29(18-16-28)30-19-20-31(33)32(34)21-30/h2,7-10,19-23,26-29H,1,3-6,11-18H2. The van der Waals surface area contributed by atoms with Gasteiger partial charge in [-0.05, 0) is 141 Å². The zero-order valence-electron chi connectivity index (χ0n) is 20.5. The van der Waals surface area contributed by atoms with Gasteiger partial charge < -0.3 is 0 Å². The monoisotopic (exact) mass is 462 g/mol. The summed E-state index contributed by atoms with van der Waals surface area (Å²) >= 11 is 0. The van der Waals surface area contributed by atoms with Gasteiger partial charge in [0.05, 0.1) is 0 Å². The maximum Gasteiger partial charge on any atom is 0.159 e. The van der Waals surface area contributed by atoms with Crippen molar-refractivity contribution in [2.75, 3.05) is 0 Å². The molecule has 0 radical (unpaired) electrons. The van der Waals surface area contributed by atoms with E-state index in [0.29, 0.717) is 5.92 Å². The zero-order chi connectivity index (χ0) is 23.5. The molecule has 3 aliphatic carbocycles. The zero-order valence-corrected chi connectivity index (χ0v) is 20.5. The molecule has 0 aromatic heterocycles. The molecule has 0 atom stereocenters. The molecule has 0 amide bonds. The molecule has 0 spiro atoms. The van der Waals surface area contributed by atoms with E-state index >= 15 is 0 Å². The average molecular weight is 463 g/mol. The smallest absolute Gasteiger partial charge is 0.159 e. The first-order valence-electron chi connectivity index (χ1n) is 13.8.